The Morgan fingerprint density at radius 1 is 0.968 bits per heavy atom. The Balaban J connectivity index is 1.32. The first-order valence-corrected chi connectivity index (χ1v) is 22.4. The number of nitriles is 2. The lowest BCUT2D eigenvalue weighted by Gasteiger charge is -2.30. The number of phosphoric ester groups is 1. The van der Waals surface area contributed by atoms with E-state index in [1.165, 1.54) is 6.08 Å². The van der Waals surface area contributed by atoms with Crippen molar-refractivity contribution in [3.8, 4) is 12.1 Å². The molecule has 0 radical (unpaired) electrons. The number of anilines is 1. The quantitative estimate of drug-likeness (QED) is 0.0614. The van der Waals surface area contributed by atoms with Crippen LogP contribution in [0, 0.1) is 22.7 Å². The zero-order chi connectivity index (χ0) is 44.4. The highest BCUT2D eigenvalue weighted by Crippen LogP contribution is 2.57. The SMILES string of the molecule is C=CCOP(=O)(OCCC#N)O[C@H]1[C@@H](F)[C@H](n2cnc3c(NC(=O)c4ccccc4)ncnc32)O[C@@H]1COP(=S)(OCCC#N)O[C@@H]1[C@H](F)[C@@H](CO)O[C@H]1n1ccc(=O)[nH]c1=O. The summed E-state index contributed by atoms with van der Waals surface area (Å²) < 4.78 is 94.2. The number of amides is 1. The maximum atomic E-state index is 17.0. The Morgan fingerprint density at radius 2 is 1.69 bits per heavy atom. The van der Waals surface area contributed by atoms with Gasteiger partial charge in [0.25, 0.3) is 11.5 Å². The number of carbonyl (C=O) groups excluding carboxylic acids is 1. The van der Waals surface area contributed by atoms with Gasteiger partial charge in [0.1, 0.15) is 30.7 Å². The number of H-pyrrole nitrogens is 1. The van der Waals surface area contributed by atoms with Gasteiger partial charge in [-0.25, -0.2) is 33.1 Å². The summed E-state index contributed by atoms with van der Waals surface area (Å²) in [5.74, 6) is -0.558. The number of aromatic nitrogens is 6. The molecule has 0 bridgehead atoms. The van der Waals surface area contributed by atoms with Crippen molar-refractivity contribution in [1.82, 2.24) is 29.1 Å². The molecule has 2 fully saturated rings. The number of rotatable bonds is 21. The molecule has 2 saturated heterocycles. The second-order valence-electron chi connectivity index (χ2n) is 13.0. The minimum Gasteiger partial charge on any atom is -0.394 e. The lowest BCUT2D eigenvalue weighted by molar-refractivity contribution is -0.0598. The van der Waals surface area contributed by atoms with Crippen molar-refractivity contribution in [2.45, 2.75) is 62.1 Å². The monoisotopic (exact) mass is 923 g/mol. The predicted octanol–water partition coefficient (Wildman–Crippen LogP) is 3.27. The van der Waals surface area contributed by atoms with Gasteiger partial charge in [-0.2, -0.15) is 10.5 Å². The number of hydrogen-bond acceptors (Lipinski definition) is 19. The molecule has 2 aliphatic heterocycles. The van der Waals surface area contributed by atoms with Gasteiger partial charge in [0, 0.05) is 17.8 Å². The second kappa shape index (κ2) is 20.9. The summed E-state index contributed by atoms with van der Waals surface area (Å²) in [5.41, 5.74) is -1.50. The van der Waals surface area contributed by atoms with Gasteiger partial charge < -0.3 is 28.9 Å². The molecule has 22 nitrogen and oxygen atoms in total. The molecule has 2 aliphatic rings. The number of nitrogens with one attached hydrogen (secondary N) is 2. The first-order chi connectivity index (χ1) is 29.8. The lowest BCUT2D eigenvalue weighted by Crippen LogP contribution is -2.38. The summed E-state index contributed by atoms with van der Waals surface area (Å²) in [6, 6.07) is 12.8. The summed E-state index contributed by atoms with van der Waals surface area (Å²) in [6.45, 7) is -3.80. The molecule has 3 N–H and O–H groups in total. The van der Waals surface area contributed by atoms with E-state index in [0.29, 0.717) is 5.56 Å². The zero-order valence-electron chi connectivity index (χ0n) is 32.1. The maximum Gasteiger partial charge on any atom is 0.475 e. The first-order valence-electron chi connectivity index (χ1n) is 18.4. The van der Waals surface area contributed by atoms with Crippen LogP contribution in [0.4, 0.5) is 14.6 Å². The van der Waals surface area contributed by atoms with Crippen LogP contribution in [0.2, 0.25) is 0 Å². The van der Waals surface area contributed by atoms with E-state index in [2.05, 4.69) is 26.8 Å². The van der Waals surface area contributed by atoms with Crippen molar-refractivity contribution in [2.24, 2.45) is 0 Å². The molecular formula is C35H37F2N9O13P2S. The third-order valence-corrected chi connectivity index (χ3v) is 12.7. The first kappa shape index (κ1) is 46.5. The molecule has 330 valence electrons. The van der Waals surface area contributed by atoms with E-state index in [0.717, 1.165) is 34.1 Å². The average Bonchev–Trinajstić information content (AvgIpc) is 3.92. The molecule has 10 atom stereocenters. The van der Waals surface area contributed by atoms with Gasteiger partial charge in [-0.1, -0.05) is 24.3 Å². The molecule has 5 heterocycles. The van der Waals surface area contributed by atoms with Gasteiger partial charge in [-0.15, -0.1) is 6.58 Å². The molecule has 0 spiro atoms. The average molecular weight is 924 g/mol. The van der Waals surface area contributed by atoms with E-state index < -0.39 is 114 Å². The van der Waals surface area contributed by atoms with Crippen LogP contribution in [0.1, 0.15) is 35.7 Å². The van der Waals surface area contributed by atoms with Crippen LogP contribution >= 0.6 is 14.5 Å². The molecule has 6 rings (SSSR count). The van der Waals surface area contributed by atoms with E-state index in [-0.39, 0.29) is 29.8 Å². The van der Waals surface area contributed by atoms with Crippen LogP contribution < -0.4 is 16.6 Å². The van der Waals surface area contributed by atoms with Gasteiger partial charge in [0.2, 0.25) is 0 Å². The predicted molar refractivity (Wildman–Crippen MR) is 212 cm³/mol. The van der Waals surface area contributed by atoms with E-state index in [1.54, 1.807) is 30.3 Å². The molecule has 4 aromatic rings. The highest BCUT2D eigenvalue weighted by atomic mass is 32.5. The number of fused-ring (bicyclic) bond motifs is 1. The minimum atomic E-state index is -4.73. The van der Waals surface area contributed by atoms with E-state index in [4.69, 9.17) is 53.7 Å². The zero-order valence-corrected chi connectivity index (χ0v) is 34.7. The van der Waals surface area contributed by atoms with Crippen molar-refractivity contribution in [3.05, 3.63) is 94.3 Å². The third-order valence-electron chi connectivity index (χ3n) is 8.91. The Morgan fingerprint density at radius 3 is 2.39 bits per heavy atom. The number of aliphatic hydroxyl groups is 1. The van der Waals surface area contributed by atoms with Crippen LogP contribution in [-0.4, -0.2) is 110 Å². The molecular weight excluding hydrogens is 886 g/mol. The molecule has 2 unspecified atom stereocenters. The second-order valence-corrected chi connectivity index (χ2v) is 17.6. The number of aliphatic hydroxyl groups excluding tert-OH is 1. The van der Waals surface area contributed by atoms with Gasteiger partial charge in [0.05, 0.1) is 64.3 Å². The van der Waals surface area contributed by atoms with Gasteiger partial charge in [-0.3, -0.25) is 41.8 Å². The standard InChI is InChI=1S/C35H37F2N9O13P2S/c1-2-14-52-60(51,53-15-6-11-38)58-28-23(57-33(26(28)37)46-20-42-27-30(40-19-41-31(27)46)44-32(49)21-8-4-3-5-9-21)18-55-61(62,54-16-7-12-39)59-29-25(36)22(17-47)56-34(29)45-13-10-24(48)43-35(45)50/h2-5,8-10,13,19-20,22-23,25-26,28-29,33-34,47H,1,6-7,14-18H2,(H,43,48,50)(H,40,41,44,49)/t22-,23-,25-,26-,28-,29-,33-,34-,60?,61?/m1/s1. The summed E-state index contributed by atoms with van der Waals surface area (Å²) in [6.07, 6.45) is -10.8. The number of halogens is 2. The van der Waals surface area contributed by atoms with Crippen LogP contribution in [-0.2, 0) is 53.0 Å². The Kier molecular flexibility index (Phi) is 15.7. The topological polar surface area (TPSA) is 286 Å². The Labute approximate surface area is 354 Å². The minimum absolute atomic E-state index is 0.0243. The van der Waals surface area contributed by atoms with Crippen LogP contribution in [0.15, 0.2) is 77.5 Å². The van der Waals surface area contributed by atoms with Crippen molar-refractivity contribution in [1.29, 1.82) is 10.5 Å². The normalized spacial score (nSPS) is 25.4. The van der Waals surface area contributed by atoms with Gasteiger partial charge in [-0.05, 0) is 23.9 Å². The van der Waals surface area contributed by atoms with E-state index >= 15 is 8.78 Å². The number of hydrogen-bond donors (Lipinski definition) is 3. The number of phosphoric acid groups is 1. The third kappa shape index (κ3) is 10.8. The summed E-state index contributed by atoms with van der Waals surface area (Å²) in [4.78, 5) is 52.1. The van der Waals surface area contributed by atoms with Crippen LogP contribution in [0.3, 0.4) is 0 Å². The van der Waals surface area contributed by atoms with Crippen LogP contribution in [0.5, 0.6) is 0 Å². The number of benzene rings is 1. The van der Waals surface area contributed by atoms with Crippen molar-refractivity contribution < 1.29 is 59.9 Å². The number of alkyl halides is 2. The number of imidazole rings is 1. The molecule has 0 aliphatic carbocycles. The fraction of sp³-hybridized carbons (Fsp3) is 0.429. The fourth-order valence-electron chi connectivity index (χ4n) is 6.09. The summed E-state index contributed by atoms with van der Waals surface area (Å²) in [7, 11) is -4.73. The highest BCUT2D eigenvalue weighted by molar-refractivity contribution is 8.07. The molecule has 0 saturated carbocycles. The van der Waals surface area contributed by atoms with E-state index in [9.17, 15) is 29.3 Å². The van der Waals surface area contributed by atoms with Crippen molar-refractivity contribution >= 4 is 49.2 Å². The fourth-order valence-corrected chi connectivity index (χ4v) is 9.50. The molecule has 1 amide bonds. The van der Waals surface area contributed by atoms with Crippen molar-refractivity contribution in [2.75, 3.05) is 38.4 Å². The molecule has 3 aromatic heterocycles. The van der Waals surface area contributed by atoms with Crippen LogP contribution in [0.25, 0.3) is 11.2 Å². The number of aromatic amines is 1. The van der Waals surface area contributed by atoms with Gasteiger partial charge >= 0.3 is 20.2 Å². The van der Waals surface area contributed by atoms with Gasteiger partial charge in [0.15, 0.2) is 41.8 Å². The molecule has 62 heavy (non-hydrogen) atoms. The van der Waals surface area contributed by atoms with Crippen molar-refractivity contribution in [3.63, 3.8) is 0 Å². The smallest absolute Gasteiger partial charge is 0.394 e. The lowest BCUT2D eigenvalue weighted by atomic mass is 10.1. The molecule has 1 aromatic carbocycles. The van der Waals surface area contributed by atoms with E-state index in [1.807, 2.05) is 17.1 Å². The summed E-state index contributed by atoms with van der Waals surface area (Å²) in [5, 5.41) is 30.8. The number of carbonyl (C=O) groups is 1. The Hall–Kier alpha value is -4.98. The number of ether oxygens (including phenoxy) is 2. The highest BCUT2D eigenvalue weighted by Gasteiger charge is 2.53. The largest absolute Gasteiger partial charge is 0.475 e. The Bertz CT molecular complexity index is 2520. The maximum absolute atomic E-state index is 17.0. The number of nitrogens with zero attached hydrogens (tertiary/aromatic N) is 7. The molecule has 27 heteroatoms. The summed E-state index contributed by atoms with van der Waals surface area (Å²) >= 11 is 5.64.